The van der Waals surface area contributed by atoms with E-state index in [0.29, 0.717) is 19.4 Å². The first-order valence-electron chi connectivity index (χ1n) is 6.33. The Morgan fingerprint density at radius 2 is 2.05 bits per heavy atom. The molecule has 0 saturated carbocycles. The number of carboxylic acid groups (broad SMARTS) is 1. The van der Waals surface area contributed by atoms with Gasteiger partial charge in [-0.1, -0.05) is 18.7 Å². The number of carboxylic acids is 1. The Morgan fingerprint density at radius 1 is 1.42 bits per heavy atom. The summed E-state index contributed by atoms with van der Waals surface area (Å²) in [5, 5.41) is 8.57. The quantitative estimate of drug-likeness (QED) is 0.707. The molecule has 0 aromatic heterocycles. The van der Waals surface area contributed by atoms with Crippen LogP contribution in [0.25, 0.3) is 0 Å². The molecule has 1 rings (SSSR count). The Kier molecular flexibility index (Phi) is 6.09. The summed E-state index contributed by atoms with van der Waals surface area (Å²) < 4.78 is 5.50. The van der Waals surface area contributed by atoms with Gasteiger partial charge in [-0.25, -0.2) is 0 Å². The zero-order valence-corrected chi connectivity index (χ0v) is 11.3. The van der Waals surface area contributed by atoms with Crippen LogP contribution in [0.5, 0.6) is 5.75 Å². The largest absolute Gasteiger partial charge is 0.489 e. The normalized spacial score (nSPS) is 11.9. The Morgan fingerprint density at radius 3 is 2.58 bits per heavy atom. The molecule has 1 aromatic rings. The van der Waals surface area contributed by atoms with Gasteiger partial charge in [-0.2, -0.15) is 0 Å². The zero-order chi connectivity index (χ0) is 14.3. The Labute approximate surface area is 113 Å². The predicted molar refractivity (Wildman–Crippen MR) is 75.2 cm³/mol. The summed E-state index contributed by atoms with van der Waals surface area (Å²) in [5.41, 5.74) is 7.97. The van der Waals surface area contributed by atoms with Crippen LogP contribution in [-0.4, -0.2) is 17.7 Å². The van der Waals surface area contributed by atoms with Crippen molar-refractivity contribution in [3.63, 3.8) is 0 Å². The minimum absolute atomic E-state index is 0.130. The molecule has 3 N–H and O–H groups in total. The van der Waals surface area contributed by atoms with Gasteiger partial charge < -0.3 is 15.6 Å². The third-order valence-corrected chi connectivity index (χ3v) is 2.70. The van der Waals surface area contributed by atoms with Gasteiger partial charge in [-0.3, -0.25) is 4.79 Å². The lowest BCUT2D eigenvalue weighted by atomic mass is 10.0. The molecule has 1 atom stereocenters. The molecular formula is C15H21NO3. The fourth-order valence-corrected chi connectivity index (χ4v) is 1.66. The highest BCUT2D eigenvalue weighted by molar-refractivity contribution is 5.66. The van der Waals surface area contributed by atoms with Crippen LogP contribution < -0.4 is 10.5 Å². The summed E-state index contributed by atoms with van der Waals surface area (Å²) in [6, 6.07) is 7.44. The highest BCUT2D eigenvalue weighted by Crippen LogP contribution is 2.20. The molecule has 104 valence electrons. The predicted octanol–water partition coefficient (Wildman–Crippen LogP) is 2.90. The van der Waals surface area contributed by atoms with E-state index >= 15 is 0 Å². The lowest BCUT2D eigenvalue weighted by Gasteiger charge is -2.12. The zero-order valence-electron chi connectivity index (χ0n) is 11.3. The molecule has 0 radical (unpaired) electrons. The number of rotatable bonds is 8. The van der Waals surface area contributed by atoms with Crippen LogP contribution in [0, 0.1) is 0 Å². The van der Waals surface area contributed by atoms with Crippen molar-refractivity contribution in [2.24, 2.45) is 5.73 Å². The van der Waals surface area contributed by atoms with E-state index in [1.807, 2.05) is 31.2 Å². The van der Waals surface area contributed by atoms with Gasteiger partial charge in [-0.15, -0.1) is 0 Å². The van der Waals surface area contributed by atoms with Crippen molar-refractivity contribution in [1.29, 1.82) is 0 Å². The van der Waals surface area contributed by atoms with Gasteiger partial charge in [0.15, 0.2) is 0 Å². The van der Waals surface area contributed by atoms with E-state index in [4.69, 9.17) is 15.6 Å². The van der Waals surface area contributed by atoms with Gasteiger partial charge in [0.05, 0.1) is 0 Å². The second-order valence-corrected chi connectivity index (χ2v) is 4.71. The van der Waals surface area contributed by atoms with Crippen molar-refractivity contribution in [1.82, 2.24) is 0 Å². The third-order valence-electron chi connectivity index (χ3n) is 2.70. The second-order valence-electron chi connectivity index (χ2n) is 4.71. The SMILES string of the molecule is C=C(C)COc1ccc(C(N)CCCC(=O)O)cc1. The number of hydrogen-bond acceptors (Lipinski definition) is 3. The van der Waals surface area contributed by atoms with E-state index in [1.165, 1.54) is 0 Å². The molecule has 0 saturated heterocycles. The maximum absolute atomic E-state index is 10.4. The lowest BCUT2D eigenvalue weighted by Crippen LogP contribution is -2.11. The molecule has 1 aromatic carbocycles. The van der Waals surface area contributed by atoms with Gasteiger partial charge in [0.25, 0.3) is 0 Å². The van der Waals surface area contributed by atoms with Crippen molar-refractivity contribution >= 4 is 5.97 Å². The molecule has 0 aliphatic heterocycles. The summed E-state index contributed by atoms with van der Waals surface area (Å²) in [6.07, 6.45) is 1.41. The van der Waals surface area contributed by atoms with Crippen LogP contribution in [0.15, 0.2) is 36.4 Å². The van der Waals surface area contributed by atoms with Gasteiger partial charge in [0.1, 0.15) is 12.4 Å². The molecule has 0 amide bonds. The molecule has 1 unspecified atom stereocenters. The van der Waals surface area contributed by atoms with Crippen LogP contribution in [0.2, 0.25) is 0 Å². The van der Waals surface area contributed by atoms with Crippen molar-refractivity contribution in [3.05, 3.63) is 42.0 Å². The van der Waals surface area contributed by atoms with E-state index in [9.17, 15) is 4.79 Å². The average Bonchev–Trinajstić information content (AvgIpc) is 2.36. The highest BCUT2D eigenvalue weighted by Gasteiger charge is 2.07. The second kappa shape index (κ2) is 7.59. The van der Waals surface area contributed by atoms with Crippen molar-refractivity contribution in [3.8, 4) is 5.75 Å². The van der Waals surface area contributed by atoms with Crippen LogP contribution >= 0.6 is 0 Å². The molecule has 0 aliphatic rings. The summed E-state index contributed by atoms with van der Waals surface area (Å²) >= 11 is 0. The van der Waals surface area contributed by atoms with Crippen molar-refractivity contribution < 1.29 is 14.6 Å². The summed E-state index contributed by atoms with van der Waals surface area (Å²) in [7, 11) is 0. The highest BCUT2D eigenvalue weighted by atomic mass is 16.5. The summed E-state index contributed by atoms with van der Waals surface area (Å²) in [5.74, 6) is 0.000212. The molecule has 19 heavy (non-hydrogen) atoms. The number of nitrogens with two attached hydrogens (primary N) is 1. The van der Waals surface area contributed by atoms with Crippen LogP contribution in [0.1, 0.15) is 37.8 Å². The Bertz CT molecular complexity index is 426. The van der Waals surface area contributed by atoms with E-state index in [2.05, 4.69) is 6.58 Å². The maximum atomic E-state index is 10.4. The number of carbonyl (C=O) groups is 1. The van der Waals surface area contributed by atoms with E-state index in [1.54, 1.807) is 0 Å². The molecule has 0 spiro atoms. The summed E-state index contributed by atoms with van der Waals surface area (Å²) in [6.45, 7) is 6.18. The fraction of sp³-hybridized carbons (Fsp3) is 0.400. The van der Waals surface area contributed by atoms with Gasteiger partial charge in [0.2, 0.25) is 0 Å². The smallest absolute Gasteiger partial charge is 0.303 e. The minimum Gasteiger partial charge on any atom is -0.489 e. The molecule has 4 nitrogen and oxygen atoms in total. The first kappa shape index (κ1) is 15.2. The van der Waals surface area contributed by atoms with E-state index in [-0.39, 0.29) is 12.5 Å². The monoisotopic (exact) mass is 263 g/mol. The first-order chi connectivity index (χ1) is 8.99. The van der Waals surface area contributed by atoms with E-state index in [0.717, 1.165) is 16.9 Å². The number of aliphatic carboxylic acids is 1. The topological polar surface area (TPSA) is 72.5 Å². The summed E-state index contributed by atoms with van der Waals surface area (Å²) in [4.78, 5) is 10.4. The van der Waals surface area contributed by atoms with Gasteiger partial charge in [-0.05, 0) is 43.0 Å². The van der Waals surface area contributed by atoms with Crippen molar-refractivity contribution in [2.75, 3.05) is 6.61 Å². The number of benzene rings is 1. The number of hydrogen-bond donors (Lipinski definition) is 2. The van der Waals surface area contributed by atoms with Crippen LogP contribution in [0.3, 0.4) is 0 Å². The third kappa shape index (κ3) is 6.06. The van der Waals surface area contributed by atoms with Crippen molar-refractivity contribution in [2.45, 2.75) is 32.2 Å². The average molecular weight is 263 g/mol. The number of ether oxygens (including phenoxy) is 1. The fourth-order valence-electron chi connectivity index (χ4n) is 1.66. The first-order valence-corrected chi connectivity index (χ1v) is 6.33. The lowest BCUT2D eigenvalue weighted by molar-refractivity contribution is -0.137. The molecular weight excluding hydrogens is 242 g/mol. The molecule has 0 bridgehead atoms. The van der Waals surface area contributed by atoms with E-state index < -0.39 is 5.97 Å². The Balaban J connectivity index is 2.45. The molecule has 0 fully saturated rings. The maximum Gasteiger partial charge on any atom is 0.303 e. The molecule has 0 heterocycles. The van der Waals surface area contributed by atoms with Crippen LogP contribution in [0.4, 0.5) is 0 Å². The van der Waals surface area contributed by atoms with Gasteiger partial charge in [0, 0.05) is 12.5 Å². The molecule has 0 aliphatic carbocycles. The standard InChI is InChI=1S/C15H21NO3/c1-11(2)10-19-13-8-6-12(7-9-13)14(16)4-3-5-15(17)18/h6-9,14H,1,3-5,10,16H2,2H3,(H,17,18). The minimum atomic E-state index is -0.782. The Hall–Kier alpha value is -1.81. The molecule has 4 heteroatoms. The van der Waals surface area contributed by atoms with Gasteiger partial charge >= 0.3 is 5.97 Å². The van der Waals surface area contributed by atoms with Crippen LogP contribution in [-0.2, 0) is 4.79 Å².